The summed E-state index contributed by atoms with van der Waals surface area (Å²) in [5, 5.41) is 9.31. The maximum Gasteiger partial charge on any atom is 0.523 e. The Bertz CT molecular complexity index is 534. The fourth-order valence-corrected chi connectivity index (χ4v) is 3.08. The van der Waals surface area contributed by atoms with E-state index in [1.807, 2.05) is 0 Å². The monoisotopic (exact) mass is 366 g/mol. The topological polar surface area (TPSA) is 101 Å². The molecule has 2 aliphatic heterocycles. The molecule has 0 aromatic carbocycles. The largest absolute Gasteiger partial charge is 0.523 e. The first-order valence-electron chi connectivity index (χ1n) is 6.56. The van der Waals surface area contributed by atoms with E-state index in [-0.39, 0.29) is 0 Å². The van der Waals surface area contributed by atoms with Gasteiger partial charge < -0.3 is 24.1 Å². The van der Waals surface area contributed by atoms with Crippen molar-refractivity contribution in [2.24, 2.45) is 0 Å². The van der Waals surface area contributed by atoms with E-state index in [0.717, 1.165) is 7.11 Å². The minimum Gasteiger partial charge on any atom is -0.394 e. The van der Waals surface area contributed by atoms with Gasteiger partial charge in [0.1, 0.15) is 18.3 Å². The van der Waals surface area contributed by atoms with E-state index in [0.29, 0.717) is 0 Å². The Balaban J connectivity index is 2.32. The lowest BCUT2D eigenvalue weighted by Crippen LogP contribution is -2.59. The fourth-order valence-electron chi connectivity index (χ4n) is 2.48. The number of hydrogen-bond donors (Lipinski definition) is 1. The average molecular weight is 366 g/mol. The maximum atomic E-state index is 12.6. The van der Waals surface area contributed by atoms with Gasteiger partial charge in [0.2, 0.25) is 0 Å². The molecule has 136 valence electrons. The molecule has 0 aromatic heterocycles. The van der Waals surface area contributed by atoms with Crippen LogP contribution in [0.15, 0.2) is 0 Å². The van der Waals surface area contributed by atoms with E-state index in [1.54, 1.807) is 0 Å². The minimum absolute atomic E-state index is 0.529. The average Bonchev–Trinajstić information content (AvgIpc) is 2.73. The van der Waals surface area contributed by atoms with Crippen molar-refractivity contribution in [2.45, 2.75) is 55.8 Å². The predicted octanol–water partition coefficient (Wildman–Crippen LogP) is 0.105. The Morgan fingerprint density at radius 1 is 1.22 bits per heavy atom. The Morgan fingerprint density at radius 3 is 2.26 bits per heavy atom. The highest BCUT2D eigenvalue weighted by Crippen LogP contribution is 2.40. The van der Waals surface area contributed by atoms with Crippen LogP contribution in [0.2, 0.25) is 0 Å². The summed E-state index contributed by atoms with van der Waals surface area (Å²) in [6, 6.07) is 0. The summed E-state index contributed by atoms with van der Waals surface area (Å²) in [6.45, 7) is 2.44. The first-order chi connectivity index (χ1) is 10.4. The molecule has 2 fully saturated rings. The molecular weight excluding hydrogens is 349 g/mol. The molecule has 2 heterocycles. The minimum atomic E-state index is -5.90. The molecule has 1 N–H and O–H groups in total. The van der Waals surface area contributed by atoms with Crippen LogP contribution in [0.4, 0.5) is 13.2 Å². The van der Waals surface area contributed by atoms with Crippen LogP contribution < -0.4 is 0 Å². The van der Waals surface area contributed by atoms with Crippen LogP contribution in [-0.4, -0.2) is 69.2 Å². The molecule has 0 aliphatic carbocycles. The summed E-state index contributed by atoms with van der Waals surface area (Å²) < 4.78 is 85.4. The number of aliphatic hydroxyl groups excluding tert-OH is 1. The van der Waals surface area contributed by atoms with E-state index >= 15 is 0 Å². The van der Waals surface area contributed by atoms with Gasteiger partial charge in [-0.1, -0.05) is 0 Å². The maximum absolute atomic E-state index is 12.6. The highest BCUT2D eigenvalue weighted by Gasteiger charge is 2.59. The fraction of sp³-hybridized carbons (Fsp3) is 1.00. The van der Waals surface area contributed by atoms with Crippen molar-refractivity contribution in [1.29, 1.82) is 0 Å². The number of rotatable bonds is 4. The second kappa shape index (κ2) is 6.10. The molecule has 23 heavy (non-hydrogen) atoms. The zero-order chi connectivity index (χ0) is 17.6. The molecule has 12 heteroatoms. The van der Waals surface area contributed by atoms with Crippen molar-refractivity contribution in [1.82, 2.24) is 0 Å². The smallest absolute Gasteiger partial charge is 0.394 e. The zero-order valence-corrected chi connectivity index (χ0v) is 13.3. The quantitative estimate of drug-likeness (QED) is 0.553. The van der Waals surface area contributed by atoms with Crippen LogP contribution >= 0.6 is 0 Å². The van der Waals surface area contributed by atoms with Crippen LogP contribution in [0.3, 0.4) is 0 Å². The molecule has 0 spiro atoms. The van der Waals surface area contributed by atoms with Gasteiger partial charge in [-0.05, 0) is 13.8 Å². The van der Waals surface area contributed by atoms with E-state index in [2.05, 4.69) is 4.18 Å². The third-order valence-corrected chi connectivity index (χ3v) is 4.41. The third kappa shape index (κ3) is 3.62. The van der Waals surface area contributed by atoms with E-state index in [9.17, 15) is 26.7 Å². The number of hydrogen-bond acceptors (Lipinski definition) is 8. The number of aliphatic hydroxyl groups is 1. The number of alkyl halides is 3. The van der Waals surface area contributed by atoms with Crippen molar-refractivity contribution < 1.29 is 49.8 Å². The summed E-state index contributed by atoms with van der Waals surface area (Å²) in [7, 11) is -4.80. The van der Waals surface area contributed by atoms with Gasteiger partial charge in [-0.25, -0.2) is 0 Å². The van der Waals surface area contributed by atoms with Gasteiger partial charge in [-0.3, -0.25) is 4.18 Å². The Hall–Kier alpha value is -0.500. The zero-order valence-electron chi connectivity index (χ0n) is 12.4. The summed E-state index contributed by atoms with van der Waals surface area (Å²) in [5.41, 5.74) is -5.61. The molecule has 8 nitrogen and oxygen atoms in total. The first kappa shape index (κ1) is 18.8. The van der Waals surface area contributed by atoms with Crippen molar-refractivity contribution in [3.8, 4) is 0 Å². The normalized spacial score (nSPS) is 37.6. The summed E-state index contributed by atoms with van der Waals surface area (Å²) in [4.78, 5) is 0. The van der Waals surface area contributed by atoms with Crippen LogP contribution in [-0.2, 0) is 33.2 Å². The van der Waals surface area contributed by atoms with Crippen LogP contribution in [0.25, 0.3) is 0 Å². The van der Waals surface area contributed by atoms with Gasteiger partial charge in [-0.2, -0.15) is 21.6 Å². The molecule has 0 aromatic rings. The van der Waals surface area contributed by atoms with Crippen LogP contribution in [0.1, 0.15) is 13.8 Å². The number of halogens is 3. The molecule has 2 saturated heterocycles. The van der Waals surface area contributed by atoms with Crippen LogP contribution in [0, 0.1) is 0 Å². The molecule has 2 rings (SSSR count). The molecule has 5 atom stereocenters. The molecule has 0 saturated carbocycles. The van der Waals surface area contributed by atoms with E-state index in [4.69, 9.17) is 18.9 Å². The van der Waals surface area contributed by atoms with Gasteiger partial charge in [0.25, 0.3) is 0 Å². The lowest BCUT2D eigenvalue weighted by molar-refractivity contribution is -0.268. The van der Waals surface area contributed by atoms with E-state index < -0.39 is 58.7 Å². The van der Waals surface area contributed by atoms with Gasteiger partial charge in [0.05, 0.1) is 6.61 Å². The SMILES string of the molecule is CO[C@H]1O[C@H](CO)[C@@H]2OC(C)(C)O[C@@H]2[C@H]1OS(=O)(=O)C(F)(F)F. The van der Waals surface area contributed by atoms with Gasteiger partial charge >= 0.3 is 15.6 Å². The Labute approximate surface area is 130 Å². The molecule has 0 unspecified atom stereocenters. The van der Waals surface area contributed by atoms with Gasteiger partial charge in [0.15, 0.2) is 18.2 Å². The molecular formula is C11H17F3O8S. The van der Waals surface area contributed by atoms with E-state index in [1.165, 1.54) is 13.8 Å². The van der Waals surface area contributed by atoms with Crippen molar-refractivity contribution >= 4 is 10.1 Å². The number of ether oxygens (including phenoxy) is 4. The summed E-state index contributed by atoms with van der Waals surface area (Å²) >= 11 is 0. The Kier molecular flexibility index (Phi) is 4.99. The first-order valence-corrected chi connectivity index (χ1v) is 7.97. The molecule has 2 aliphatic rings. The number of methoxy groups -OCH3 is 1. The lowest BCUT2D eigenvalue weighted by Gasteiger charge is -2.40. The summed E-state index contributed by atoms with van der Waals surface area (Å²) in [5.74, 6) is -1.22. The third-order valence-electron chi connectivity index (χ3n) is 3.36. The Morgan fingerprint density at radius 2 is 1.78 bits per heavy atom. The van der Waals surface area contributed by atoms with Crippen LogP contribution in [0.5, 0.6) is 0 Å². The van der Waals surface area contributed by atoms with Gasteiger partial charge in [-0.15, -0.1) is 0 Å². The molecule has 0 bridgehead atoms. The predicted molar refractivity (Wildman–Crippen MR) is 66.4 cm³/mol. The summed E-state index contributed by atoms with van der Waals surface area (Å²) in [6.07, 6.45) is -6.47. The van der Waals surface area contributed by atoms with Crippen molar-refractivity contribution in [3.63, 3.8) is 0 Å². The highest BCUT2D eigenvalue weighted by atomic mass is 32.2. The second-order valence-electron chi connectivity index (χ2n) is 5.49. The lowest BCUT2D eigenvalue weighted by atomic mass is 9.99. The number of fused-ring (bicyclic) bond motifs is 1. The van der Waals surface area contributed by atoms with Gasteiger partial charge in [0, 0.05) is 7.11 Å². The van der Waals surface area contributed by atoms with Crippen molar-refractivity contribution in [3.05, 3.63) is 0 Å². The second-order valence-corrected chi connectivity index (χ2v) is 7.05. The molecule has 0 amide bonds. The highest BCUT2D eigenvalue weighted by molar-refractivity contribution is 7.87. The standard InChI is InChI=1S/C11H17F3O8S/c1-10(2)20-6-5(4-15)19-9(18-3)8(7(6)21-10)22-23(16,17)11(12,13)14/h5-9,15H,4H2,1-3H3/t5-,6+,7+,8-,9+/m1/s1. The molecule has 0 radical (unpaired) electrons. The van der Waals surface area contributed by atoms with Crippen molar-refractivity contribution in [2.75, 3.05) is 13.7 Å².